The third kappa shape index (κ3) is 3.33. The Kier molecular flexibility index (Phi) is 5.00. The van der Waals surface area contributed by atoms with Crippen molar-refractivity contribution < 1.29 is 4.74 Å². The molecule has 90 valence electrons. The van der Waals surface area contributed by atoms with E-state index in [0.29, 0.717) is 5.92 Å². The molecule has 0 bridgehead atoms. The van der Waals surface area contributed by atoms with Gasteiger partial charge in [0.1, 0.15) is 5.60 Å². The molecule has 2 heteroatoms. The Morgan fingerprint density at radius 1 is 1.19 bits per heavy atom. The molecule has 0 saturated heterocycles. The highest BCUT2D eigenvalue weighted by Crippen LogP contribution is 2.30. The smallest absolute Gasteiger partial charge is 0.100 e. The summed E-state index contributed by atoms with van der Waals surface area (Å²) in [5.41, 5.74) is 0.977. The molecule has 2 unspecified atom stereocenters. The van der Waals surface area contributed by atoms with Crippen LogP contribution < -0.4 is 0 Å². The van der Waals surface area contributed by atoms with Crippen molar-refractivity contribution in [3.8, 4) is 0 Å². The zero-order valence-electron chi connectivity index (χ0n) is 10.5. The zero-order chi connectivity index (χ0) is 12.2. The topological polar surface area (TPSA) is 9.23 Å². The van der Waals surface area contributed by atoms with E-state index in [2.05, 4.69) is 67.9 Å². The first kappa shape index (κ1) is 13.7. The van der Waals surface area contributed by atoms with E-state index < -0.39 is 0 Å². The van der Waals surface area contributed by atoms with E-state index in [1.165, 1.54) is 5.56 Å². The lowest BCUT2D eigenvalue weighted by Gasteiger charge is -2.33. The molecule has 0 aliphatic carbocycles. The largest absolute Gasteiger partial charge is 0.367 e. The maximum absolute atomic E-state index is 6.19. The molecule has 0 spiro atoms. The van der Waals surface area contributed by atoms with E-state index >= 15 is 0 Å². The van der Waals surface area contributed by atoms with Crippen LogP contribution in [0.1, 0.15) is 33.3 Å². The molecule has 0 aliphatic heterocycles. The van der Waals surface area contributed by atoms with Crippen molar-refractivity contribution in [2.24, 2.45) is 5.92 Å². The number of hydrogen-bond donors (Lipinski definition) is 0. The molecule has 0 amide bonds. The Labute approximate surface area is 107 Å². The van der Waals surface area contributed by atoms with Gasteiger partial charge in [-0.15, -0.1) is 0 Å². The van der Waals surface area contributed by atoms with E-state index in [-0.39, 0.29) is 11.7 Å². The van der Waals surface area contributed by atoms with E-state index in [1.807, 2.05) is 6.07 Å². The molecular formula is C14H21BrO. The minimum absolute atomic E-state index is 0.245. The van der Waals surface area contributed by atoms with E-state index in [4.69, 9.17) is 4.74 Å². The average molecular weight is 285 g/mol. The molecule has 1 aromatic rings. The monoisotopic (exact) mass is 284 g/mol. The number of ether oxygens (including phenoxy) is 1. The van der Waals surface area contributed by atoms with Crippen molar-refractivity contribution >= 4 is 15.9 Å². The maximum atomic E-state index is 6.19. The molecule has 1 aromatic carbocycles. The molecule has 1 nitrogen and oxygen atoms in total. The Bertz CT molecular complexity index is 310. The Morgan fingerprint density at radius 2 is 1.75 bits per heavy atom. The number of benzene rings is 1. The van der Waals surface area contributed by atoms with Crippen molar-refractivity contribution in [2.75, 3.05) is 5.33 Å². The van der Waals surface area contributed by atoms with Gasteiger partial charge in [0.25, 0.3) is 0 Å². The molecule has 0 aromatic heterocycles. The van der Waals surface area contributed by atoms with Crippen LogP contribution in [0, 0.1) is 5.92 Å². The summed E-state index contributed by atoms with van der Waals surface area (Å²) in [6.07, 6.45) is 0.253. The minimum Gasteiger partial charge on any atom is -0.367 e. The highest BCUT2D eigenvalue weighted by atomic mass is 79.9. The first-order chi connectivity index (χ1) is 7.49. The van der Waals surface area contributed by atoms with Crippen molar-refractivity contribution in [1.82, 2.24) is 0 Å². The molecule has 0 radical (unpaired) electrons. The summed E-state index contributed by atoms with van der Waals surface area (Å²) in [4.78, 5) is 0. The fourth-order valence-corrected chi connectivity index (χ4v) is 1.97. The average Bonchev–Trinajstić information content (AvgIpc) is 2.29. The summed E-state index contributed by atoms with van der Waals surface area (Å²) in [7, 11) is 0. The molecule has 2 atom stereocenters. The van der Waals surface area contributed by atoms with E-state index in [1.54, 1.807) is 0 Å². The maximum Gasteiger partial charge on any atom is 0.100 e. The minimum atomic E-state index is -0.245. The molecule has 1 rings (SSSR count). The van der Waals surface area contributed by atoms with Crippen LogP contribution in [-0.2, 0) is 10.3 Å². The number of hydrogen-bond acceptors (Lipinski definition) is 1. The van der Waals surface area contributed by atoms with Gasteiger partial charge in [-0.25, -0.2) is 0 Å². The van der Waals surface area contributed by atoms with Gasteiger partial charge >= 0.3 is 0 Å². The fraction of sp³-hybridized carbons (Fsp3) is 0.571. The molecule has 0 fully saturated rings. The second kappa shape index (κ2) is 5.83. The summed E-state index contributed by atoms with van der Waals surface area (Å²) in [6.45, 7) is 8.64. The first-order valence-corrected chi connectivity index (χ1v) is 6.91. The van der Waals surface area contributed by atoms with Crippen LogP contribution in [0.3, 0.4) is 0 Å². The van der Waals surface area contributed by atoms with Gasteiger partial charge < -0.3 is 4.74 Å². The molecular weight excluding hydrogens is 264 g/mol. The Hall–Kier alpha value is -0.340. The van der Waals surface area contributed by atoms with Gasteiger partial charge in [0.15, 0.2) is 0 Å². The van der Waals surface area contributed by atoms with Crippen LogP contribution in [0.15, 0.2) is 30.3 Å². The Morgan fingerprint density at radius 3 is 2.19 bits per heavy atom. The van der Waals surface area contributed by atoms with Gasteiger partial charge in [-0.05, 0) is 25.3 Å². The first-order valence-electron chi connectivity index (χ1n) is 5.79. The van der Waals surface area contributed by atoms with Gasteiger partial charge in [0, 0.05) is 5.33 Å². The van der Waals surface area contributed by atoms with Gasteiger partial charge in [-0.1, -0.05) is 60.1 Å². The fourth-order valence-electron chi connectivity index (χ4n) is 1.51. The highest BCUT2D eigenvalue weighted by Gasteiger charge is 2.29. The Balaban J connectivity index is 2.86. The molecule has 16 heavy (non-hydrogen) atoms. The second-order valence-corrected chi connectivity index (χ2v) is 5.36. The van der Waals surface area contributed by atoms with Crippen molar-refractivity contribution in [3.63, 3.8) is 0 Å². The normalized spacial score (nSPS) is 17.1. The van der Waals surface area contributed by atoms with Gasteiger partial charge in [-0.3, -0.25) is 0 Å². The van der Waals surface area contributed by atoms with Gasteiger partial charge in [0.2, 0.25) is 0 Å². The third-order valence-corrected chi connectivity index (χ3v) is 4.09. The predicted molar refractivity (Wildman–Crippen MR) is 73.0 cm³/mol. The lowest BCUT2D eigenvalue weighted by molar-refractivity contribution is -0.0819. The quantitative estimate of drug-likeness (QED) is 0.730. The summed E-state index contributed by atoms with van der Waals surface area (Å²) in [6, 6.07) is 10.4. The lowest BCUT2D eigenvalue weighted by atomic mass is 9.97. The molecule has 0 N–H and O–H groups in total. The highest BCUT2D eigenvalue weighted by molar-refractivity contribution is 9.09. The third-order valence-electron chi connectivity index (χ3n) is 3.02. The summed E-state index contributed by atoms with van der Waals surface area (Å²) in [5.74, 6) is 0.530. The second-order valence-electron chi connectivity index (χ2n) is 4.80. The summed E-state index contributed by atoms with van der Waals surface area (Å²) in [5, 5.41) is 0.807. The lowest BCUT2D eigenvalue weighted by Crippen LogP contribution is -2.34. The summed E-state index contributed by atoms with van der Waals surface area (Å²) >= 11 is 3.56. The zero-order valence-corrected chi connectivity index (χ0v) is 12.1. The van der Waals surface area contributed by atoms with Crippen LogP contribution in [0.5, 0.6) is 0 Å². The number of rotatable bonds is 5. The van der Waals surface area contributed by atoms with Crippen molar-refractivity contribution in [1.29, 1.82) is 0 Å². The standard InChI is InChI=1S/C14H21BrO/c1-11(2)12(3)16-14(4,10-15)13-8-6-5-7-9-13/h5-9,11-12H,10H2,1-4H3. The van der Waals surface area contributed by atoms with Crippen LogP contribution in [0.2, 0.25) is 0 Å². The van der Waals surface area contributed by atoms with Gasteiger partial charge in [0.05, 0.1) is 6.10 Å². The SMILES string of the molecule is CC(C)C(C)OC(C)(CBr)c1ccccc1. The summed E-state index contributed by atoms with van der Waals surface area (Å²) < 4.78 is 6.19. The number of alkyl halides is 1. The van der Waals surface area contributed by atoms with Crippen molar-refractivity contribution in [2.45, 2.75) is 39.4 Å². The molecule has 0 heterocycles. The van der Waals surface area contributed by atoms with E-state index in [0.717, 1.165) is 5.33 Å². The van der Waals surface area contributed by atoms with Crippen LogP contribution in [0.25, 0.3) is 0 Å². The van der Waals surface area contributed by atoms with Crippen molar-refractivity contribution in [3.05, 3.63) is 35.9 Å². The van der Waals surface area contributed by atoms with Crippen LogP contribution in [-0.4, -0.2) is 11.4 Å². The van der Waals surface area contributed by atoms with Gasteiger partial charge in [-0.2, -0.15) is 0 Å². The molecule has 0 saturated carbocycles. The van der Waals surface area contributed by atoms with Crippen LogP contribution >= 0.6 is 15.9 Å². The molecule has 0 aliphatic rings. The van der Waals surface area contributed by atoms with Crippen LogP contribution in [0.4, 0.5) is 0 Å². The number of halogens is 1. The predicted octanol–water partition coefficient (Wildman–Crippen LogP) is 4.36. The van der Waals surface area contributed by atoms with E-state index in [9.17, 15) is 0 Å².